The summed E-state index contributed by atoms with van der Waals surface area (Å²) in [4.78, 5) is 40.3. The highest BCUT2D eigenvalue weighted by Crippen LogP contribution is 2.32. The number of nitrogens with one attached hydrogen (secondary N) is 1. The Labute approximate surface area is 206 Å². The first-order chi connectivity index (χ1) is 17.2. The Kier molecular flexibility index (Phi) is 9.62. The molecule has 1 saturated heterocycles. The lowest BCUT2D eigenvalue weighted by molar-refractivity contribution is -0.139. The third kappa shape index (κ3) is 6.91. The molecule has 0 radical (unpaired) electrons. The maximum atomic E-state index is 13.2. The van der Waals surface area contributed by atoms with Crippen molar-refractivity contribution in [2.75, 3.05) is 19.8 Å². The Bertz CT molecular complexity index is 1040. The number of carbonyl (C=O) groups is 1. The van der Waals surface area contributed by atoms with Crippen LogP contribution in [-0.4, -0.2) is 58.6 Å². The Morgan fingerprint density at radius 1 is 1.31 bits per heavy atom. The Hall–Kier alpha value is -2.78. The summed E-state index contributed by atoms with van der Waals surface area (Å²) in [5, 5.41) is 0. The van der Waals surface area contributed by atoms with Gasteiger partial charge in [-0.15, -0.1) is 6.42 Å². The minimum absolute atomic E-state index is 0.0324. The first kappa shape index (κ1) is 27.8. The molecule has 1 amide bonds. The summed E-state index contributed by atoms with van der Waals surface area (Å²) < 4.78 is 57.2. The molecular weight excluding hydrogens is 483 g/mol. The van der Waals surface area contributed by atoms with Crippen LogP contribution in [0.2, 0.25) is 0 Å². The first-order valence-electron chi connectivity index (χ1n) is 12.2. The lowest BCUT2D eigenvalue weighted by atomic mass is 9.94. The number of unbranched alkanes of at least 4 members (excludes halogenated alkanes) is 1. The van der Waals surface area contributed by atoms with E-state index in [0.29, 0.717) is 17.3 Å². The molecule has 2 heterocycles. The van der Waals surface area contributed by atoms with Crippen LogP contribution in [0.4, 0.5) is 18.0 Å². The van der Waals surface area contributed by atoms with E-state index >= 15 is 0 Å². The number of ether oxygens (including phenoxy) is 3. The van der Waals surface area contributed by atoms with Gasteiger partial charge in [-0.25, -0.2) is 9.59 Å². The molecule has 0 unspecified atom stereocenters. The number of aromatic amines is 1. The second-order valence-corrected chi connectivity index (χ2v) is 9.04. The fraction of sp³-hybridized carbons (Fsp3) is 0.708. The first-order valence-corrected chi connectivity index (χ1v) is 12.2. The maximum absolute atomic E-state index is 13.2. The molecule has 0 bridgehead atoms. The monoisotopic (exact) mass is 515 g/mol. The topological polar surface area (TPSA) is 103 Å². The van der Waals surface area contributed by atoms with Gasteiger partial charge in [-0.05, 0) is 19.3 Å². The van der Waals surface area contributed by atoms with Crippen molar-refractivity contribution in [3.05, 3.63) is 32.6 Å². The van der Waals surface area contributed by atoms with Crippen molar-refractivity contribution in [3.8, 4) is 12.3 Å². The summed E-state index contributed by atoms with van der Waals surface area (Å²) in [6.07, 6.45) is 4.20. The van der Waals surface area contributed by atoms with Gasteiger partial charge in [0, 0.05) is 25.2 Å². The predicted molar refractivity (Wildman–Crippen MR) is 123 cm³/mol. The minimum Gasteiger partial charge on any atom is -0.447 e. The average molecular weight is 516 g/mol. The normalized spacial score (nSPS) is 22.8. The van der Waals surface area contributed by atoms with E-state index in [4.69, 9.17) is 20.6 Å². The molecular formula is C24H32F3N3O6. The van der Waals surface area contributed by atoms with Gasteiger partial charge in [0.15, 0.2) is 0 Å². The molecule has 200 valence electrons. The lowest BCUT2D eigenvalue weighted by Crippen LogP contribution is -2.43. The molecule has 1 aromatic rings. The van der Waals surface area contributed by atoms with Gasteiger partial charge in [0.25, 0.3) is 5.56 Å². The fourth-order valence-electron chi connectivity index (χ4n) is 4.63. The summed E-state index contributed by atoms with van der Waals surface area (Å²) in [7, 11) is 0. The molecule has 3 atom stereocenters. The number of hydrogen-bond acceptors (Lipinski definition) is 6. The number of halogens is 3. The Balaban J connectivity index is 1.74. The second kappa shape index (κ2) is 12.5. The molecule has 1 aliphatic heterocycles. The third-order valence-electron chi connectivity index (χ3n) is 6.52. The van der Waals surface area contributed by atoms with E-state index < -0.39 is 47.5 Å². The molecule has 1 aromatic heterocycles. The van der Waals surface area contributed by atoms with Crippen LogP contribution < -0.4 is 11.2 Å². The minimum atomic E-state index is -4.96. The zero-order valence-electron chi connectivity index (χ0n) is 20.2. The lowest BCUT2D eigenvalue weighted by Gasteiger charge is -2.34. The Morgan fingerprint density at radius 3 is 2.67 bits per heavy atom. The zero-order valence-corrected chi connectivity index (χ0v) is 20.2. The molecule has 0 spiro atoms. The van der Waals surface area contributed by atoms with Crippen LogP contribution >= 0.6 is 0 Å². The van der Waals surface area contributed by atoms with Crippen LogP contribution in [0.1, 0.15) is 70.1 Å². The highest BCUT2D eigenvalue weighted by Gasteiger charge is 2.41. The molecule has 1 N–H and O–H groups in total. The summed E-state index contributed by atoms with van der Waals surface area (Å²) in [5.74, 6) is 2.31. The largest absolute Gasteiger partial charge is 0.447 e. The van der Waals surface area contributed by atoms with E-state index in [0.717, 1.165) is 44.9 Å². The van der Waals surface area contributed by atoms with Gasteiger partial charge in [-0.3, -0.25) is 14.3 Å². The van der Waals surface area contributed by atoms with Gasteiger partial charge in [0.1, 0.15) is 31.1 Å². The smallest absolute Gasteiger partial charge is 0.423 e. The molecule has 12 heteroatoms. The van der Waals surface area contributed by atoms with Gasteiger partial charge in [0.2, 0.25) is 0 Å². The van der Waals surface area contributed by atoms with Gasteiger partial charge in [0.05, 0.1) is 6.10 Å². The van der Waals surface area contributed by atoms with E-state index in [9.17, 15) is 27.6 Å². The number of amides is 1. The number of hydrogen-bond donors (Lipinski definition) is 1. The molecule has 0 aromatic carbocycles. The number of carbonyl (C=O) groups excluding carboxylic acids is 1. The van der Waals surface area contributed by atoms with Gasteiger partial charge in [-0.2, -0.15) is 13.2 Å². The van der Waals surface area contributed by atoms with Crippen molar-refractivity contribution >= 4 is 6.09 Å². The molecule has 2 fully saturated rings. The quantitative estimate of drug-likeness (QED) is 0.506. The number of alkyl halides is 3. The van der Waals surface area contributed by atoms with E-state index in [-0.39, 0.29) is 25.7 Å². The zero-order chi connectivity index (χ0) is 26.3. The highest BCUT2D eigenvalue weighted by molar-refractivity contribution is 5.68. The summed E-state index contributed by atoms with van der Waals surface area (Å²) >= 11 is 0. The fourth-order valence-corrected chi connectivity index (χ4v) is 4.63. The van der Waals surface area contributed by atoms with Crippen molar-refractivity contribution in [1.82, 2.24) is 14.5 Å². The molecule has 1 aliphatic carbocycles. The number of terminal acetylenes is 1. The second-order valence-electron chi connectivity index (χ2n) is 9.04. The number of aromatic nitrogens is 2. The molecule has 2 aliphatic rings. The van der Waals surface area contributed by atoms with Gasteiger partial charge in [-0.1, -0.05) is 38.5 Å². The van der Waals surface area contributed by atoms with Crippen LogP contribution in [0.25, 0.3) is 0 Å². The van der Waals surface area contributed by atoms with Crippen LogP contribution in [0.15, 0.2) is 15.8 Å². The standard InChI is InChI=1S/C24H32F3N3O6/c1-3-5-11-29(16-9-7-6-8-10-16)23(33)35-15-19-18(34-12-4-2)13-20(36-19)30-14-17(24(25,26)27)21(31)28-22(30)32/h2,14,16,18-20H,3,5-13,15H2,1H3,(H,28,31,32)/t18-,19+,20+/m0/s1. The van der Waals surface area contributed by atoms with Gasteiger partial charge < -0.3 is 19.1 Å². The van der Waals surface area contributed by atoms with Crippen molar-refractivity contribution < 1.29 is 32.2 Å². The predicted octanol–water partition coefficient (Wildman–Crippen LogP) is 3.43. The van der Waals surface area contributed by atoms with Crippen molar-refractivity contribution in [2.24, 2.45) is 0 Å². The van der Waals surface area contributed by atoms with Crippen molar-refractivity contribution in [1.29, 1.82) is 0 Å². The summed E-state index contributed by atoms with van der Waals surface area (Å²) in [6.45, 7) is 2.26. The number of rotatable bonds is 9. The van der Waals surface area contributed by atoms with Crippen molar-refractivity contribution in [2.45, 2.75) is 88.9 Å². The third-order valence-corrected chi connectivity index (χ3v) is 6.52. The average Bonchev–Trinajstić information content (AvgIpc) is 3.24. The molecule has 9 nitrogen and oxygen atoms in total. The number of nitrogens with zero attached hydrogens (tertiary/aromatic N) is 2. The van der Waals surface area contributed by atoms with Crippen LogP contribution in [0.5, 0.6) is 0 Å². The highest BCUT2D eigenvalue weighted by atomic mass is 19.4. The number of H-pyrrole nitrogens is 1. The summed E-state index contributed by atoms with van der Waals surface area (Å²) in [5.41, 5.74) is -4.13. The Morgan fingerprint density at radius 2 is 2.03 bits per heavy atom. The van der Waals surface area contributed by atoms with Crippen LogP contribution in [-0.2, 0) is 20.4 Å². The molecule has 1 saturated carbocycles. The van der Waals surface area contributed by atoms with Crippen molar-refractivity contribution in [3.63, 3.8) is 0 Å². The molecule has 3 rings (SSSR count). The van der Waals surface area contributed by atoms with E-state index in [1.54, 1.807) is 9.88 Å². The molecule has 36 heavy (non-hydrogen) atoms. The van der Waals surface area contributed by atoms with Gasteiger partial charge >= 0.3 is 18.0 Å². The van der Waals surface area contributed by atoms with E-state index in [2.05, 4.69) is 5.92 Å². The maximum Gasteiger partial charge on any atom is 0.423 e. The van der Waals surface area contributed by atoms with Crippen LogP contribution in [0, 0.1) is 12.3 Å². The van der Waals surface area contributed by atoms with E-state index in [1.165, 1.54) is 0 Å². The SMILES string of the molecule is C#CCO[C@H]1C[C@H](n2cc(C(F)(F)F)c(=O)[nH]c2=O)O[C@@H]1COC(=O)N(CCCC)C1CCCCC1. The summed E-state index contributed by atoms with van der Waals surface area (Å²) in [6, 6.07) is 0.101. The van der Waals surface area contributed by atoms with E-state index in [1.807, 2.05) is 6.92 Å². The van der Waals surface area contributed by atoms with Crippen LogP contribution in [0.3, 0.4) is 0 Å².